The minimum absolute atomic E-state index is 0.0242. The van der Waals surface area contributed by atoms with Crippen molar-refractivity contribution >= 4 is 0 Å². The highest BCUT2D eigenvalue weighted by Gasteiger charge is 2.22. The molecular formula is C20H22F2O. The quantitative estimate of drug-likeness (QED) is 0.664. The molecule has 3 heteroatoms. The van der Waals surface area contributed by atoms with Gasteiger partial charge in [0.2, 0.25) is 5.82 Å². The van der Waals surface area contributed by atoms with Crippen molar-refractivity contribution in [2.24, 2.45) is 0 Å². The monoisotopic (exact) mass is 316 g/mol. The zero-order chi connectivity index (χ0) is 16.2. The van der Waals surface area contributed by atoms with E-state index in [4.69, 9.17) is 4.74 Å². The first kappa shape index (κ1) is 16.0. The highest BCUT2D eigenvalue weighted by molar-refractivity contribution is 5.69. The summed E-state index contributed by atoms with van der Waals surface area (Å²) in [6.45, 7) is 2.07. The van der Waals surface area contributed by atoms with Gasteiger partial charge in [0.1, 0.15) is 0 Å². The third-order valence-electron chi connectivity index (χ3n) is 4.64. The maximum absolute atomic E-state index is 14.6. The molecule has 0 bridgehead atoms. The molecule has 1 nitrogen and oxygen atoms in total. The summed E-state index contributed by atoms with van der Waals surface area (Å²) in [5, 5.41) is 0. The van der Waals surface area contributed by atoms with E-state index in [1.54, 1.807) is 13.0 Å². The van der Waals surface area contributed by atoms with Crippen molar-refractivity contribution in [3.8, 4) is 16.9 Å². The van der Waals surface area contributed by atoms with Gasteiger partial charge in [-0.2, -0.15) is 4.39 Å². The number of hydrogen-bond acceptors (Lipinski definition) is 1. The minimum Gasteiger partial charge on any atom is -0.491 e. The Kier molecular flexibility index (Phi) is 4.94. The molecule has 0 atom stereocenters. The summed E-state index contributed by atoms with van der Waals surface area (Å²) >= 11 is 0. The molecule has 2 aromatic carbocycles. The molecule has 0 aromatic heterocycles. The summed E-state index contributed by atoms with van der Waals surface area (Å²) in [4.78, 5) is 0. The summed E-state index contributed by atoms with van der Waals surface area (Å²) in [5.41, 5.74) is 2.26. The minimum atomic E-state index is -0.900. The molecule has 1 saturated carbocycles. The third-order valence-corrected chi connectivity index (χ3v) is 4.64. The van der Waals surface area contributed by atoms with Gasteiger partial charge in [-0.05, 0) is 48.9 Å². The Hall–Kier alpha value is -1.90. The van der Waals surface area contributed by atoms with E-state index < -0.39 is 11.6 Å². The summed E-state index contributed by atoms with van der Waals surface area (Å²) < 4.78 is 33.9. The average Bonchev–Trinajstić information content (AvgIpc) is 2.60. The van der Waals surface area contributed by atoms with Crippen LogP contribution in [0, 0.1) is 11.6 Å². The Morgan fingerprint density at radius 1 is 0.913 bits per heavy atom. The topological polar surface area (TPSA) is 9.23 Å². The highest BCUT2D eigenvalue weighted by atomic mass is 19.2. The molecular weight excluding hydrogens is 294 g/mol. The Morgan fingerprint density at radius 2 is 1.65 bits per heavy atom. The van der Waals surface area contributed by atoms with Gasteiger partial charge in [-0.15, -0.1) is 0 Å². The molecule has 1 aliphatic carbocycles. The van der Waals surface area contributed by atoms with Crippen LogP contribution in [-0.2, 0) is 0 Å². The number of ether oxygens (including phenoxy) is 1. The maximum Gasteiger partial charge on any atom is 0.201 e. The standard InChI is InChI=1S/C20H22F2O/c1-2-23-18-13-12-17(19(21)20(18)22)16-11-7-6-10-15(16)14-8-4-3-5-9-14/h6-7,10-14H,2-5,8-9H2,1H3. The van der Waals surface area contributed by atoms with Crippen LogP contribution < -0.4 is 4.74 Å². The molecule has 0 amide bonds. The number of rotatable bonds is 4. The molecule has 2 aromatic rings. The van der Waals surface area contributed by atoms with Crippen LogP contribution in [0.2, 0.25) is 0 Å². The summed E-state index contributed by atoms with van der Waals surface area (Å²) in [6.07, 6.45) is 5.93. The van der Waals surface area contributed by atoms with Crippen LogP contribution in [0.15, 0.2) is 36.4 Å². The number of benzene rings is 2. The highest BCUT2D eigenvalue weighted by Crippen LogP contribution is 2.39. The van der Waals surface area contributed by atoms with E-state index >= 15 is 0 Å². The lowest BCUT2D eigenvalue weighted by atomic mass is 9.81. The first-order chi connectivity index (χ1) is 11.2. The molecule has 0 saturated heterocycles. The predicted molar refractivity (Wildman–Crippen MR) is 88.8 cm³/mol. The molecule has 0 spiro atoms. The fourth-order valence-electron chi connectivity index (χ4n) is 3.52. The van der Waals surface area contributed by atoms with E-state index in [-0.39, 0.29) is 5.75 Å². The third kappa shape index (κ3) is 3.24. The van der Waals surface area contributed by atoms with Gasteiger partial charge in [-0.1, -0.05) is 43.5 Å². The zero-order valence-corrected chi connectivity index (χ0v) is 13.4. The van der Waals surface area contributed by atoms with Gasteiger partial charge < -0.3 is 4.74 Å². The van der Waals surface area contributed by atoms with Crippen molar-refractivity contribution in [1.29, 1.82) is 0 Å². The molecule has 23 heavy (non-hydrogen) atoms. The molecule has 1 fully saturated rings. The molecule has 0 aliphatic heterocycles. The fraction of sp³-hybridized carbons (Fsp3) is 0.400. The van der Waals surface area contributed by atoms with Crippen LogP contribution in [0.5, 0.6) is 5.75 Å². The van der Waals surface area contributed by atoms with Gasteiger partial charge in [0.05, 0.1) is 6.61 Å². The number of hydrogen-bond donors (Lipinski definition) is 0. The van der Waals surface area contributed by atoms with Crippen LogP contribution in [-0.4, -0.2) is 6.61 Å². The average molecular weight is 316 g/mol. The molecule has 0 unspecified atom stereocenters. The molecule has 1 aliphatic rings. The van der Waals surface area contributed by atoms with Crippen LogP contribution in [0.4, 0.5) is 8.78 Å². The van der Waals surface area contributed by atoms with Crippen LogP contribution in [0.25, 0.3) is 11.1 Å². The molecule has 0 N–H and O–H groups in total. The fourth-order valence-corrected chi connectivity index (χ4v) is 3.52. The van der Waals surface area contributed by atoms with Gasteiger partial charge in [-0.25, -0.2) is 4.39 Å². The van der Waals surface area contributed by atoms with Gasteiger partial charge in [0.25, 0.3) is 0 Å². The Balaban J connectivity index is 2.03. The maximum atomic E-state index is 14.6. The van der Waals surface area contributed by atoms with Crippen molar-refractivity contribution < 1.29 is 13.5 Å². The molecule has 0 radical (unpaired) electrons. The summed E-state index contributed by atoms with van der Waals surface area (Å²) in [6, 6.07) is 11.0. The van der Waals surface area contributed by atoms with E-state index in [1.165, 1.54) is 25.3 Å². The van der Waals surface area contributed by atoms with Gasteiger partial charge in [0.15, 0.2) is 11.6 Å². The Morgan fingerprint density at radius 3 is 2.39 bits per heavy atom. The van der Waals surface area contributed by atoms with Crippen LogP contribution in [0.3, 0.4) is 0 Å². The first-order valence-electron chi connectivity index (χ1n) is 8.42. The summed E-state index contributed by atoms with van der Waals surface area (Å²) in [5.74, 6) is -1.31. The molecule has 0 heterocycles. The second-order valence-electron chi connectivity index (χ2n) is 6.09. The predicted octanol–water partition coefficient (Wildman–Crippen LogP) is 6.08. The van der Waals surface area contributed by atoms with E-state index in [0.717, 1.165) is 24.0 Å². The van der Waals surface area contributed by atoms with Gasteiger partial charge in [-0.3, -0.25) is 0 Å². The van der Waals surface area contributed by atoms with Gasteiger partial charge >= 0.3 is 0 Å². The van der Waals surface area contributed by atoms with E-state index in [2.05, 4.69) is 6.07 Å². The molecule has 3 rings (SSSR count). The van der Waals surface area contributed by atoms with E-state index in [1.807, 2.05) is 18.2 Å². The smallest absolute Gasteiger partial charge is 0.201 e. The Bertz CT molecular complexity index is 675. The largest absolute Gasteiger partial charge is 0.491 e. The number of halogens is 2. The van der Waals surface area contributed by atoms with E-state index in [0.29, 0.717) is 18.1 Å². The van der Waals surface area contributed by atoms with Crippen LogP contribution >= 0.6 is 0 Å². The normalized spacial score (nSPS) is 15.6. The van der Waals surface area contributed by atoms with Crippen molar-refractivity contribution in [3.63, 3.8) is 0 Å². The molecule has 122 valence electrons. The second-order valence-corrected chi connectivity index (χ2v) is 6.09. The Labute approximate surface area is 136 Å². The van der Waals surface area contributed by atoms with Crippen molar-refractivity contribution in [3.05, 3.63) is 53.6 Å². The van der Waals surface area contributed by atoms with Crippen molar-refractivity contribution in [1.82, 2.24) is 0 Å². The van der Waals surface area contributed by atoms with Crippen molar-refractivity contribution in [2.45, 2.75) is 44.9 Å². The second kappa shape index (κ2) is 7.12. The van der Waals surface area contributed by atoms with E-state index in [9.17, 15) is 8.78 Å². The van der Waals surface area contributed by atoms with Crippen LogP contribution in [0.1, 0.15) is 50.5 Å². The lowest BCUT2D eigenvalue weighted by Crippen LogP contribution is -2.07. The first-order valence-corrected chi connectivity index (χ1v) is 8.42. The van der Waals surface area contributed by atoms with Crippen molar-refractivity contribution in [2.75, 3.05) is 6.61 Å². The SMILES string of the molecule is CCOc1ccc(-c2ccccc2C2CCCCC2)c(F)c1F. The zero-order valence-electron chi connectivity index (χ0n) is 13.4. The lowest BCUT2D eigenvalue weighted by Gasteiger charge is -2.24. The lowest BCUT2D eigenvalue weighted by molar-refractivity contribution is 0.314. The summed E-state index contributed by atoms with van der Waals surface area (Å²) in [7, 11) is 0. The van der Waals surface area contributed by atoms with Gasteiger partial charge in [0, 0.05) is 5.56 Å².